The zero-order chi connectivity index (χ0) is 14.6. The van der Waals surface area contributed by atoms with Crippen molar-refractivity contribution in [2.75, 3.05) is 13.1 Å². The van der Waals surface area contributed by atoms with Gasteiger partial charge in [0, 0.05) is 26.1 Å². The van der Waals surface area contributed by atoms with Crippen LogP contribution >= 0.6 is 0 Å². The van der Waals surface area contributed by atoms with E-state index in [-0.39, 0.29) is 5.91 Å². The van der Waals surface area contributed by atoms with E-state index in [1.54, 1.807) is 0 Å². The minimum atomic E-state index is 0.00251. The minimum absolute atomic E-state index is 0.00251. The summed E-state index contributed by atoms with van der Waals surface area (Å²) in [5.74, 6) is 0.414. The van der Waals surface area contributed by atoms with E-state index >= 15 is 0 Å². The summed E-state index contributed by atoms with van der Waals surface area (Å²) in [6.07, 6.45) is 2.51. The van der Waals surface area contributed by atoms with E-state index in [2.05, 4.69) is 22.5 Å². The largest absolute Gasteiger partial charge is 0.370 e. The van der Waals surface area contributed by atoms with Gasteiger partial charge in [-0.05, 0) is 12.0 Å². The average molecular weight is 276 g/mol. The summed E-state index contributed by atoms with van der Waals surface area (Å²) in [6, 6.07) is 9.83. The SMILES string of the molecule is CCCCN=C(N)NCCC(=O)NCc1ccccc1. The highest BCUT2D eigenvalue weighted by molar-refractivity contribution is 5.79. The summed E-state index contributed by atoms with van der Waals surface area (Å²) >= 11 is 0. The molecule has 0 aliphatic heterocycles. The summed E-state index contributed by atoms with van der Waals surface area (Å²) in [5.41, 5.74) is 6.76. The number of nitrogens with two attached hydrogens (primary N) is 1. The highest BCUT2D eigenvalue weighted by Crippen LogP contribution is 1.97. The van der Waals surface area contributed by atoms with Crippen molar-refractivity contribution < 1.29 is 4.79 Å². The number of amides is 1. The van der Waals surface area contributed by atoms with Gasteiger partial charge in [0.1, 0.15) is 0 Å². The van der Waals surface area contributed by atoms with E-state index in [0.717, 1.165) is 24.9 Å². The number of aliphatic imine (C=N–C) groups is 1. The Bertz CT molecular complexity index is 417. The van der Waals surface area contributed by atoms with Gasteiger partial charge >= 0.3 is 0 Å². The normalized spacial score (nSPS) is 11.2. The maximum absolute atomic E-state index is 11.6. The molecule has 0 atom stereocenters. The molecule has 0 saturated carbocycles. The van der Waals surface area contributed by atoms with Gasteiger partial charge in [-0.1, -0.05) is 43.7 Å². The van der Waals surface area contributed by atoms with Crippen LogP contribution in [0, 0.1) is 0 Å². The lowest BCUT2D eigenvalue weighted by Gasteiger charge is -2.07. The number of hydrogen-bond donors (Lipinski definition) is 3. The number of hydrogen-bond acceptors (Lipinski definition) is 2. The molecule has 1 aromatic carbocycles. The fraction of sp³-hybridized carbons (Fsp3) is 0.467. The third kappa shape index (κ3) is 7.41. The van der Waals surface area contributed by atoms with Crippen molar-refractivity contribution in [2.45, 2.75) is 32.7 Å². The van der Waals surface area contributed by atoms with E-state index < -0.39 is 0 Å². The zero-order valence-electron chi connectivity index (χ0n) is 12.1. The van der Waals surface area contributed by atoms with Crippen LogP contribution in [0.3, 0.4) is 0 Å². The highest BCUT2D eigenvalue weighted by atomic mass is 16.1. The molecule has 0 radical (unpaired) electrons. The molecule has 0 aliphatic carbocycles. The van der Waals surface area contributed by atoms with Gasteiger partial charge in [-0.25, -0.2) is 0 Å². The van der Waals surface area contributed by atoms with Gasteiger partial charge in [0.25, 0.3) is 0 Å². The Morgan fingerprint density at radius 2 is 2.00 bits per heavy atom. The van der Waals surface area contributed by atoms with Crippen molar-refractivity contribution in [3.05, 3.63) is 35.9 Å². The molecule has 110 valence electrons. The van der Waals surface area contributed by atoms with Gasteiger partial charge in [-0.2, -0.15) is 0 Å². The maximum atomic E-state index is 11.6. The molecule has 20 heavy (non-hydrogen) atoms. The van der Waals surface area contributed by atoms with Gasteiger partial charge in [-0.15, -0.1) is 0 Å². The van der Waals surface area contributed by atoms with Crippen LogP contribution in [0.25, 0.3) is 0 Å². The number of unbranched alkanes of at least 4 members (excludes halogenated alkanes) is 1. The number of nitrogens with zero attached hydrogens (tertiary/aromatic N) is 1. The summed E-state index contributed by atoms with van der Waals surface area (Å²) in [6.45, 7) is 3.90. The maximum Gasteiger partial charge on any atom is 0.222 e. The smallest absolute Gasteiger partial charge is 0.222 e. The molecule has 0 bridgehead atoms. The molecule has 0 unspecified atom stereocenters. The van der Waals surface area contributed by atoms with Gasteiger partial charge in [0.15, 0.2) is 5.96 Å². The van der Waals surface area contributed by atoms with Gasteiger partial charge in [0.05, 0.1) is 0 Å². The molecular formula is C15H24N4O. The molecular weight excluding hydrogens is 252 g/mol. The van der Waals surface area contributed by atoms with Crippen LogP contribution in [-0.2, 0) is 11.3 Å². The Balaban J connectivity index is 2.12. The minimum Gasteiger partial charge on any atom is -0.370 e. The Morgan fingerprint density at radius 3 is 2.70 bits per heavy atom. The monoisotopic (exact) mass is 276 g/mol. The Kier molecular flexibility index (Phi) is 7.87. The highest BCUT2D eigenvalue weighted by Gasteiger charge is 2.01. The molecule has 4 N–H and O–H groups in total. The first kappa shape index (κ1) is 16.0. The van der Waals surface area contributed by atoms with Crippen molar-refractivity contribution in [3.8, 4) is 0 Å². The predicted molar refractivity (Wildman–Crippen MR) is 82.3 cm³/mol. The lowest BCUT2D eigenvalue weighted by molar-refractivity contribution is -0.121. The second-order valence-electron chi connectivity index (χ2n) is 4.56. The van der Waals surface area contributed by atoms with Gasteiger partial charge < -0.3 is 16.4 Å². The molecule has 1 amide bonds. The Labute approximate surface area is 120 Å². The number of guanidine groups is 1. The van der Waals surface area contributed by atoms with Gasteiger partial charge in [0.2, 0.25) is 5.91 Å². The second-order valence-corrected chi connectivity index (χ2v) is 4.56. The van der Waals surface area contributed by atoms with Crippen LogP contribution in [0.5, 0.6) is 0 Å². The fourth-order valence-electron chi connectivity index (χ4n) is 1.60. The number of nitrogens with one attached hydrogen (secondary N) is 2. The van der Waals surface area contributed by atoms with Crippen molar-refractivity contribution in [3.63, 3.8) is 0 Å². The molecule has 0 aromatic heterocycles. The van der Waals surface area contributed by atoms with Crippen LogP contribution in [0.15, 0.2) is 35.3 Å². The first-order valence-electron chi connectivity index (χ1n) is 7.06. The molecule has 0 aliphatic rings. The number of rotatable bonds is 8. The summed E-state index contributed by atoms with van der Waals surface area (Å²) in [5, 5.41) is 5.80. The van der Waals surface area contributed by atoms with Crippen molar-refractivity contribution in [2.24, 2.45) is 10.7 Å². The molecule has 0 fully saturated rings. The van der Waals surface area contributed by atoms with Crippen molar-refractivity contribution in [1.29, 1.82) is 0 Å². The molecule has 1 aromatic rings. The van der Waals surface area contributed by atoms with Crippen LogP contribution in [0.4, 0.5) is 0 Å². The summed E-state index contributed by atoms with van der Waals surface area (Å²) in [4.78, 5) is 15.8. The first-order chi connectivity index (χ1) is 9.72. The molecule has 5 heteroatoms. The molecule has 0 spiro atoms. The predicted octanol–water partition coefficient (Wildman–Crippen LogP) is 1.40. The first-order valence-corrected chi connectivity index (χ1v) is 7.06. The van der Waals surface area contributed by atoms with Crippen LogP contribution in [0.1, 0.15) is 31.7 Å². The summed E-state index contributed by atoms with van der Waals surface area (Å²) < 4.78 is 0. The molecule has 0 saturated heterocycles. The fourth-order valence-corrected chi connectivity index (χ4v) is 1.60. The van der Waals surface area contributed by atoms with E-state index in [1.807, 2.05) is 30.3 Å². The van der Waals surface area contributed by atoms with E-state index in [4.69, 9.17) is 5.73 Å². The average Bonchev–Trinajstić information content (AvgIpc) is 2.46. The lowest BCUT2D eigenvalue weighted by Crippen LogP contribution is -2.35. The van der Waals surface area contributed by atoms with E-state index in [0.29, 0.717) is 25.5 Å². The molecule has 0 heterocycles. The molecule has 5 nitrogen and oxygen atoms in total. The topological polar surface area (TPSA) is 79.5 Å². The van der Waals surface area contributed by atoms with E-state index in [9.17, 15) is 4.79 Å². The Morgan fingerprint density at radius 1 is 1.25 bits per heavy atom. The quantitative estimate of drug-likeness (QED) is 0.381. The number of benzene rings is 1. The lowest BCUT2D eigenvalue weighted by atomic mass is 10.2. The zero-order valence-corrected chi connectivity index (χ0v) is 12.1. The van der Waals surface area contributed by atoms with Crippen LogP contribution in [-0.4, -0.2) is 25.0 Å². The van der Waals surface area contributed by atoms with Crippen LogP contribution < -0.4 is 16.4 Å². The third-order valence-corrected chi connectivity index (χ3v) is 2.78. The van der Waals surface area contributed by atoms with E-state index in [1.165, 1.54) is 0 Å². The van der Waals surface area contributed by atoms with Crippen molar-refractivity contribution >= 4 is 11.9 Å². The summed E-state index contributed by atoms with van der Waals surface area (Å²) in [7, 11) is 0. The number of carbonyl (C=O) groups excluding carboxylic acids is 1. The Hall–Kier alpha value is -2.04. The standard InChI is InChI=1S/C15H24N4O/c1-2-3-10-17-15(16)18-11-9-14(20)19-12-13-7-5-4-6-8-13/h4-8H,2-3,9-12H2,1H3,(H,19,20)(H3,16,17,18). The third-order valence-electron chi connectivity index (χ3n) is 2.78. The van der Waals surface area contributed by atoms with Crippen LogP contribution in [0.2, 0.25) is 0 Å². The second kappa shape index (κ2) is 9.83. The van der Waals surface area contributed by atoms with Crippen molar-refractivity contribution in [1.82, 2.24) is 10.6 Å². The number of carbonyl (C=O) groups is 1. The van der Waals surface area contributed by atoms with Gasteiger partial charge in [-0.3, -0.25) is 9.79 Å². The molecule has 1 rings (SSSR count).